The van der Waals surface area contributed by atoms with Crippen LogP contribution in [0.2, 0.25) is 0 Å². The van der Waals surface area contributed by atoms with Crippen LogP contribution in [-0.2, 0) is 11.3 Å². The number of thiophene rings is 1. The Bertz CT molecular complexity index is 979. The molecule has 0 fully saturated rings. The molecule has 7 nitrogen and oxygen atoms in total. The fraction of sp³-hybridized carbons (Fsp3) is 0.176. The van der Waals surface area contributed by atoms with Gasteiger partial charge >= 0.3 is 0 Å². The van der Waals surface area contributed by atoms with Gasteiger partial charge in [-0.2, -0.15) is 0 Å². The number of benzene rings is 1. The molecule has 0 radical (unpaired) electrons. The minimum absolute atomic E-state index is 0.151. The van der Waals surface area contributed by atoms with Crippen molar-refractivity contribution in [3.63, 3.8) is 0 Å². The Hall–Kier alpha value is -3.00. The molecule has 2 heterocycles. The molecule has 0 aliphatic carbocycles. The van der Waals surface area contributed by atoms with Crippen LogP contribution in [0, 0.1) is 0 Å². The number of H-pyrrole nitrogens is 1. The number of aromatic amines is 1. The van der Waals surface area contributed by atoms with Gasteiger partial charge in [-0.05, 0) is 23.6 Å². The molecule has 1 aromatic carbocycles. The summed E-state index contributed by atoms with van der Waals surface area (Å²) < 4.78 is 5.98. The summed E-state index contributed by atoms with van der Waals surface area (Å²) in [5.41, 5.74) is 0.777. The predicted octanol–water partition coefficient (Wildman–Crippen LogP) is 1.83. The highest BCUT2D eigenvalue weighted by molar-refractivity contribution is 7.17. The fourth-order valence-electron chi connectivity index (χ4n) is 2.27. The molecule has 0 saturated carbocycles. The van der Waals surface area contributed by atoms with Crippen molar-refractivity contribution in [1.82, 2.24) is 14.9 Å². The summed E-state index contributed by atoms with van der Waals surface area (Å²) >= 11 is 1.32. The highest BCUT2D eigenvalue weighted by atomic mass is 32.1. The fourth-order valence-corrected chi connectivity index (χ4v) is 2.99. The number of carbonyl (C=O) groups is 2. The Morgan fingerprint density at radius 3 is 2.96 bits per heavy atom. The molecule has 8 heteroatoms. The topological polar surface area (TPSA) is 92.4 Å². The first-order valence-electron chi connectivity index (χ1n) is 7.46. The number of hydrogen-bond donors (Lipinski definition) is 1. The van der Waals surface area contributed by atoms with Gasteiger partial charge in [-0.1, -0.05) is 12.1 Å². The summed E-state index contributed by atoms with van der Waals surface area (Å²) in [6, 6.07) is 8.44. The number of hydrogen-bond acceptors (Lipinski definition) is 6. The maximum Gasteiger partial charge on any atom is 0.268 e. The van der Waals surface area contributed by atoms with E-state index in [1.54, 1.807) is 42.8 Å². The minimum Gasteiger partial charge on any atom is -0.483 e. The number of amides is 1. The number of nitrogens with one attached hydrogen (secondary N) is 1. The number of rotatable bonds is 6. The number of likely N-dealkylation sites (N-methyl/N-ethyl adjacent to an activating group) is 1. The molecule has 0 unspecified atom stereocenters. The Morgan fingerprint density at radius 2 is 2.16 bits per heavy atom. The molecule has 25 heavy (non-hydrogen) atoms. The SMILES string of the molecule is CN(Cc1nc2ccsc2c(=O)[nH]1)C(=O)COc1ccccc1C=O. The van der Waals surface area contributed by atoms with E-state index in [1.165, 1.54) is 16.2 Å². The molecular weight excluding hydrogens is 342 g/mol. The molecule has 0 spiro atoms. The lowest BCUT2D eigenvalue weighted by atomic mass is 10.2. The van der Waals surface area contributed by atoms with Crippen molar-refractivity contribution in [2.75, 3.05) is 13.7 Å². The molecule has 3 rings (SSSR count). The average molecular weight is 357 g/mol. The van der Waals surface area contributed by atoms with Crippen molar-refractivity contribution in [2.45, 2.75) is 6.54 Å². The third kappa shape index (κ3) is 3.74. The van der Waals surface area contributed by atoms with Gasteiger partial charge in [0, 0.05) is 7.05 Å². The summed E-state index contributed by atoms with van der Waals surface area (Å²) in [5.74, 6) is 0.458. The molecule has 0 atom stereocenters. The zero-order chi connectivity index (χ0) is 17.8. The van der Waals surface area contributed by atoms with Gasteiger partial charge in [0.2, 0.25) is 0 Å². The van der Waals surface area contributed by atoms with Gasteiger partial charge in [-0.15, -0.1) is 11.3 Å². The molecule has 1 amide bonds. The first-order valence-corrected chi connectivity index (χ1v) is 8.34. The van der Waals surface area contributed by atoms with Gasteiger partial charge in [-0.25, -0.2) is 4.98 Å². The van der Waals surface area contributed by atoms with Crippen molar-refractivity contribution < 1.29 is 14.3 Å². The van der Waals surface area contributed by atoms with E-state index < -0.39 is 0 Å². The number of para-hydroxylation sites is 1. The van der Waals surface area contributed by atoms with Crippen molar-refractivity contribution in [3.8, 4) is 5.75 Å². The Morgan fingerprint density at radius 1 is 1.36 bits per heavy atom. The van der Waals surface area contributed by atoms with Crippen LogP contribution in [0.3, 0.4) is 0 Å². The second-order valence-corrected chi connectivity index (χ2v) is 6.26. The number of nitrogens with zero attached hydrogens (tertiary/aromatic N) is 2. The van der Waals surface area contributed by atoms with Crippen LogP contribution < -0.4 is 10.3 Å². The Kier molecular flexibility index (Phi) is 4.90. The van der Waals surface area contributed by atoms with E-state index in [2.05, 4.69) is 9.97 Å². The summed E-state index contributed by atoms with van der Waals surface area (Å²) in [4.78, 5) is 43.5. The highest BCUT2D eigenvalue weighted by Gasteiger charge is 2.14. The molecule has 1 N–H and O–H groups in total. The van der Waals surface area contributed by atoms with Crippen LogP contribution in [0.1, 0.15) is 16.2 Å². The summed E-state index contributed by atoms with van der Waals surface area (Å²) in [6.45, 7) is -0.0647. The van der Waals surface area contributed by atoms with Gasteiger partial charge in [0.25, 0.3) is 11.5 Å². The molecule has 128 valence electrons. The normalized spacial score (nSPS) is 10.6. The number of ether oxygens (including phenoxy) is 1. The largest absolute Gasteiger partial charge is 0.483 e. The van der Waals surface area contributed by atoms with Gasteiger partial charge in [0.15, 0.2) is 12.9 Å². The van der Waals surface area contributed by atoms with E-state index in [9.17, 15) is 14.4 Å². The van der Waals surface area contributed by atoms with Gasteiger partial charge < -0.3 is 14.6 Å². The first-order chi connectivity index (χ1) is 12.1. The number of fused-ring (bicyclic) bond motifs is 1. The third-order valence-corrected chi connectivity index (χ3v) is 4.48. The van der Waals surface area contributed by atoms with Gasteiger partial charge in [0.1, 0.15) is 16.3 Å². The quantitative estimate of drug-likeness (QED) is 0.680. The molecule has 0 aliphatic heterocycles. The van der Waals surface area contributed by atoms with Crippen LogP contribution in [0.25, 0.3) is 10.2 Å². The van der Waals surface area contributed by atoms with E-state index >= 15 is 0 Å². The second-order valence-electron chi connectivity index (χ2n) is 5.34. The number of aldehydes is 1. The standard InChI is InChI=1S/C17H15N3O4S/c1-20(8-14-18-12-6-7-25-16(12)17(23)19-14)15(22)10-24-13-5-3-2-4-11(13)9-21/h2-7,9H,8,10H2,1H3,(H,18,19,23). The minimum atomic E-state index is -0.297. The van der Waals surface area contributed by atoms with Crippen LogP contribution in [0.5, 0.6) is 5.75 Å². The predicted molar refractivity (Wildman–Crippen MR) is 94.0 cm³/mol. The molecule has 2 aromatic heterocycles. The maximum absolute atomic E-state index is 12.2. The third-order valence-electron chi connectivity index (χ3n) is 3.57. The smallest absolute Gasteiger partial charge is 0.268 e. The van der Waals surface area contributed by atoms with Crippen molar-refractivity contribution in [2.24, 2.45) is 0 Å². The van der Waals surface area contributed by atoms with E-state index in [1.807, 2.05) is 0 Å². The summed E-state index contributed by atoms with van der Waals surface area (Å²) in [6.07, 6.45) is 0.675. The lowest BCUT2D eigenvalue weighted by molar-refractivity contribution is -0.132. The lowest BCUT2D eigenvalue weighted by Gasteiger charge is -2.17. The molecule has 0 aliphatic rings. The van der Waals surface area contributed by atoms with Crippen LogP contribution in [0.4, 0.5) is 0 Å². The zero-order valence-electron chi connectivity index (χ0n) is 13.4. The lowest BCUT2D eigenvalue weighted by Crippen LogP contribution is -2.32. The first kappa shape index (κ1) is 16.8. The van der Waals surface area contributed by atoms with Crippen molar-refractivity contribution >= 4 is 33.7 Å². The Labute approximate surface area is 146 Å². The van der Waals surface area contributed by atoms with Crippen LogP contribution in [0.15, 0.2) is 40.5 Å². The second kappa shape index (κ2) is 7.27. The Balaban J connectivity index is 1.65. The molecule has 0 saturated heterocycles. The van der Waals surface area contributed by atoms with E-state index in [4.69, 9.17) is 4.74 Å². The van der Waals surface area contributed by atoms with Crippen LogP contribution in [-0.4, -0.2) is 40.7 Å². The van der Waals surface area contributed by atoms with Crippen molar-refractivity contribution in [3.05, 3.63) is 57.5 Å². The molecular formula is C17H15N3O4S. The zero-order valence-corrected chi connectivity index (χ0v) is 14.2. The molecule has 0 bridgehead atoms. The van der Waals surface area contributed by atoms with Gasteiger partial charge in [0.05, 0.1) is 17.6 Å². The van der Waals surface area contributed by atoms with Gasteiger partial charge in [-0.3, -0.25) is 14.4 Å². The summed E-state index contributed by atoms with van der Waals surface area (Å²) in [5, 5.41) is 1.80. The highest BCUT2D eigenvalue weighted by Crippen LogP contribution is 2.16. The van der Waals surface area contributed by atoms with E-state index in [-0.39, 0.29) is 24.6 Å². The van der Waals surface area contributed by atoms with E-state index in [0.29, 0.717) is 33.6 Å². The average Bonchev–Trinajstić information content (AvgIpc) is 3.09. The monoisotopic (exact) mass is 357 g/mol. The maximum atomic E-state index is 12.2. The molecule has 3 aromatic rings. The summed E-state index contributed by atoms with van der Waals surface area (Å²) in [7, 11) is 1.59. The number of carbonyl (C=O) groups excluding carboxylic acids is 2. The number of aromatic nitrogens is 2. The van der Waals surface area contributed by atoms with Crippen molar-refractivity contribution in [1.29, 1.82) is 0 Å². The van der Waals surface area contributed by atoms with E-state index in [0.717, 1.165) is 0 Å². The van der Waals surface area contributed by atoms with Crippen LogP contribution >= 0.6 is 11.3 Å².